The Hall–Kier alpha value is -2.02. The van der Waals surface area contributed by atoms with E-state index in [9.17, 15) is 4.79 Å². The van der Waals surface area contributed by atoms with E-state index >= 15 is 0 Å². The third-order valence-electron chi connectivity index (χ3n) is 3.51. The Morgan fingerprint density at radius 1 is 1.26 bits per heavy atom. The van der Waals surface area contributed by atoms with E-state index in [2.05, 4.69) is 55.3 Å². The molecule has 3 N–H and O–H groups in total. The Bertz CT molecular complexity index is 655. The zero-order valence-corrected chi connectivity index (χ0v) is 14.7. The Labute approximate surface area is 140 Å². The molecule has 0 bridgehead atoms. The fourth-order valence-corrected chi connectivity index (χ4v) is 2.97. The number of carbonyl (C=O) groups is 1. The topological polar surface area (TPSA) is 85.8 Å². The average Bonchev–Trinajstić information content (AvgIpc) is 2.90. The zero-order valence-electron chi connectivity index (χ0n) is 13.9. The van der Waals surface area contributed by atoms with Crippen molar-refractivity contribution in [2.24, 2.45) is 0 Å². The van der Waals surface area contributed by atoms with Crippen molar-refractivity contribution in [1.29, 1.82) is 0 Å². The van der Waals surface area contributed by atoms with Gasteiger partial charge in [0.15, 0.2) is 0 Å². The number of rotatable bonds is 6. The third-order valence-corrected chi connectivity index (χ3v) is 4.47. The van der Waals surface area contributed by atoms with E-state index in [1.54, 1.807) is 0 Å². The predicted octanol–water partition coefficient (Wildman–Crippen LogP) is 2.97. The van der Waals surface area contributed by atoms with Crippen LogP contribution in [-0.4, -0.2) is 26.5 Å². The molecule has 0 aliphatic rings. The minimum absolute atomic E-state index is 0.0759. The first-order valence-corrected chi connectivity index (χ1v) is 8.59. The number of amides is 1. The Kier molecular flexibility index (Phi) is 5.65. The lowest BCUT2D eigenvalue weighted by molar-refractivity contribution is -0.113. The van der Waals surface area contributed by atoms with Gasteiger partial charge in [0.05, 0.1) is 5.75 Å². The van der Waals surface area contributed by atoms with Crippen molar-refractivity contribution in [3.8, 4) is 0 Å². The quantitative estimate of drug-likeness (QED) is 0.627. The molecule has 0 saturated carbocycles. The van der Waals surface area contributed by atoms with Crippen LogP contribution in [0.2, 0.25) is 0 Å². The molecule has 2 rings (SSSR count). The lowest BCUT2D eigenvalue weighted by Gasteiger charge is -2.20. The van der Waals surface area contributed by atoms with Gasteiger partial charge in [0, 0.05) is 5.69 Å². The van der Waals surface area contributed by atoms with Gasteiger partial charge in [-0.05, 0) is 23.0 Å². The first-order chi connectivity index (χ1) is 10.9. The summed E-state index contributed by atoms with van der Waals surface area (Å²) in [5, 5.41) is 11.1. The average molecular weight is 333 g/mol. The van der Waals surface area contributed by atoms with E-state index < -0.39 is 0 Å². The Morgan fingerprint density at radius 3 is 2.35 bits per heavy atom. The van der Waals surface area contributed by atoms with Gasteiger partial charge in [-0.2, -0.15) is 0 Å². The first kappa shape index (κ1) is 17.3. The summed E-state index contributed by atoms with van der Waals surface area (Å²) < 4.78 is 1.31. The highest BCUT2D eigenvalue weighted by molar-refractivity contribution is 7.99. The number of benzene rings is 1. The highest BCUT2D eigenvalue weighted by atomic mass is 32.2. The largest absolute Gasteiger partial charge is 0.336 e. The number of thioether (sulfide) groups is 1. The molecule has 0 atom stereocenters. The fourth-order valence-electron chi connectivity index (χ4n) is 2.34. The molecule has 124 valence electrons. The summed E-state index contributed by atoms with van der Waals surface area (Å²) in [6, 6.07) is 6.18. The second-order valence-corrected chi connectivity index (χ2v) is 6.92. The molecule has 0 spiro atoms. The number of hydrogen-bond acceptors (Lipinski definition) is 5. The lowest BCUT2D eigenvalue weighted by atomic mass is 9.92. The summed E-state index contributed by atoms with van der Waals surface area (Å²) >= 11 is 1.26. The van der Waals surface area contributed by atoms with E-state index in [0.717, 1.165) is 16.8 Å². The van der Waals surface area contributed by atoms with Crippen LogP contribution in [0.15, 0.2) is 29.7 Å². The van der Waals surface area contributed by atoms with Crippen LogP contribution in [0.1, 0.15) is 50.7 Å². The van der Waals surface area contributed by atoms with Crippen molar-refractivity contribution in [2.45, 2.75) is 44.7 Å². The Morgan fingerprint density at radius 2 is 1.87 bits per heavy atom. The summed E-state index contributed by atoms with van der Waals surface area (Å²) in [7, 11) is 0. The molecule has 1 aromatic heterocycles. The van der Waals surface area contributed by atoms with Crippen LogP contribution in [0, 0.1) is 0 Å². The number of para-hydroxylation sites is 1. The van der Waals surface area contributed by atoms with Crippen LogP contribution in [0.4, 0.5) is 5.69 Å². The summed E-state index contributed by atoms with van der Waals surface area (Å²) in [5.41, 5.74) is 3.23. The summed E-state index contributed by atoms with van der Waals surface area (Å²) in [6.07, 6.45) is 1.41. The number of nitrogen functional groups attached to an aromatic ring is 1. The van der Waals surface area contributed by atoms with Gasteiger partial charge in [0.25, 0.3) is 0 Å². The second kappa shape index (κ2) is 7.50. The minimum Gasteiger partial charge on any atom is -0.336 e. The van der Waals surface area contributed by atoms with E-state index in [4.69, 9.17) is 5.84 Å². The van der Waals surface area contributed by atoms with E-state index in [1.807, 2.05) is 6.07 Å². The number of hydrogen-bond donors (Lipinski definition) is 2. The highest BCUT2D eigenvalue weighted by Gasteiger charge is 2.16. The predicted molar refractivity (Wildman–Crippen MR) is 94.1 cm³/mol. The van der Waals surface area contributed by atoms with Crippen LogP contribution in [-0.2, 0) is 4.79 Å². The van der Waals surface area contributed by atoms with Crippen LogP contribution in [0.3, 0.4) is 0 Å². The molecule has 23 heavy (non-hydrogen) atoms. The molecule has 0 aliphatic carbocycles. The molecule has 0 fully saturated rings. The van der Waals surface area contributed by atoms with Crippen LogP contribution in [0.5, 0.6) is 0 Å². The van der Waals surface area contributed by atoms with Gasteiger partial charge < -0.3 is 11.2 Å². The summed E-state index contributed by atoms with van der Waals surface area (Å²) in [4.78, 5) is 12.3. The molecule has 0 saturated heterocycles. The summed E-state index contributed by atoms with van der Waals surface area (Å²) in [6.45, 7) is 8.50. The normalized spacial score (nSPS) is 11.2. The standard InChI is InChI=1S/C16H23N5OS/c1-10(2)12-6-5-7-13(11(3)4)15(12)19-14(22)8-23-16-20-18-9-21(16)17/h5-7,9-11H,8,17H2,1-4H3,(H,19,22). The molecule has 1 heterocycles. The highest BCUT2D eigenvalue weighted by Crippen LogP contribution is 2.32. The van der Waals surface area contributed by atoms with Crippen molar-refractivity contribution in [1.82, 2.24) is 14.9 Å². The number of nitrogens with one attached hydrogen (secondary N) is 1. The molecule has 0 unspecified atom stereocenters. The van der Waals surface area contributed by atoms with E-state index in [1.165, 1.54) is 22.8 Å². The maximum Gasteiger partial charge on any atom is 0.234 e. The van der Waals surface area contributed by atoms with Crippen LogP contribution < -0.4 is 11.2 Å². The smallest absolute Gasteiger partial charge is 0.234 e. The molecular weight excluding hydrogens is 310 g/mol. The van der Waals surface area contributed by atoms with Crippen LogP contribution in [0.25, 0.3) is 0 Å². The number of carbonyl (C=O) groups excluding carboxylic acids is 1. The van der Waals surface area contributed by atoms with Crippen molar-refractivity contribution < 1.29 is 4.79 Å². The van der Waals surface area contributed by atoms with Crippen molar-refractivity contribution >= 4 is 23.4 Å². The molecule has 0 aliphatic heterocycles. The van der Waals surface area contributed by atoms with Gasteiger partial charge in [-0.3, -0.25) is 4.79 Å². The molecule has 7 heteroatoms. The molecule has 1 aromatic carbocycles. The lowest BCUT2D eigenvalue weighted by Crippen LogP contribution is -2.18. The SMILES string of the molecule is CC(C)c1cccc(C(C)C)c1NC(=O)CSc1nncn1N. The Balaban J connectivity index is 2.14. The maximum absolute atomic E-state index is 12.3. The van der Waals surface area contributed by atoms with Gasteiger partial charge in [0.2, 0.25) is 11.1 Å². The molecule has 1 amide bonds. The summed E-state index contributed by atoms with van der Waals surface area (Å²) in [5.74, 6) is 6.48. The third kappa shape index (κ3) is 4.25. The van der Waals surface area contributed by atoms with Gasteiger partial charge in [-0.25, -0.2) is 4.68 Å². The second-order valence-electron chi connectivity index (χ2n) is 5.98. The number of nitrogens with two attached hydrogens (primary N) is 1. The molecule has 2 aromatic rings. The van der Waals surface area contributed by atoms with Gasteiger partial charge in [-0.15, -0.1) is 10.2 Å². The zero-order chi connectivity index (χ0) is 17.0. The van der Waals surface area contributed by atoms with Crippen LogP contribution >= 0.6 is 11.8 Å². The van der Waals surface area contributed by atoms with Gasteiger partial charge >= 0.3 is 0 Å². The molecular formula is C16H23N5OS. The number of aromatic nitrogens is 3. The minimum atomic E-state index is -0.0759. The van der Waals surface area contributed by atoms with Gasteiger partial charge in [-0.1, -0.05) is 57.7 Å². The monoisotopic (exact) mass is 333 g/mol. The number of nitrogens with zero attached hydrogens (tertiary/aromatic N) is 3. The van der Waals surface area contributed by atoms with Crippen molar-refractivity contribution in [3.63, 3.8) is 0 Å². The first-order valence-electron chi connectivity index (χ1n) is 7.60. The maximum atomic E-state index is 12.3. The van der Waals surface area contributed by atoms with Gasteiger partial charge in [0.1, 0.15) is 6.33 Å². The number of anilines is 1. The van der Waals surface area contributed by atoms with E-state index in [0.29, 0.717) is 17.0 Å². The van der Waals surface area contributed by atoms with Crippen molar-refractivity contribution in [2.75, 3.05) is 16.9 Å². The molecule has 0 radical (unpaired) electrons. The van der Waals surface area contributed by atoms with E-state index in [-0.39, 0.29) is 11.7 Å². The fraction of sp³-hybridized carbons (Fsp3) is 0.438. The molecule has 6 nitrogen and oxygen atoms in total. The van der Waals surface area contributed by atoms with Crippen molar-refractivity contribution in [3.05, 3.63) is 35.7 Å².